The van der Waals surface area contributed by atoms with E-state index in [0.29, 0.717) is 0 Å². The summed E-state index contributed by atoms with van der Waals surface area (Å²) >= 11 is 5.87. The zero-order chi connectivity index (χ0) is 18.8. The van der Waals surface area contributed by atoms with Crippen molar-refractivity contribution in [3.8, 4) is 0 Å². The second-order valence-electron chi connectivity index (χ2n) is 5.57. The van der Waals surface area contributed by atoms with E-state index in [4.69, 9.17) is 16.0 Å². The lowest BCUT2D eigenvalue weighted by Gasteiger charge is -2.19. The van der Waals surface area contributed by atoms with Gasteiger partial charge < -0.3 is 9.52 Å². The van der Waals surface area contributed by atoms with E-state index in [2.05, 4.69) is 0 Å². The van der Waals surface area contributed by atoms with Crippen molar-refractivity contribution < 1.29 is 19.2 Å². The summed E-state index contributed by atoms with van der Waals surface area (Å²) < 4.78 is 5.83. The van der Waals surface area contributed by atoms with E-state index >= 15 is 0 Å². The maximum Gasteiger partial charge on any atom is 0.426 e. The highest BCUT2D eigenvalue weighted by atomic mass is 35.5. The minimum Gasteiger partial charge on any atom is -0.407 e. The van der Waals surface area contributed by atoms with Gasteiger partial charge in [0.25, 0.3) is 5.69 Å². The van der Waals surface area contributed by atoms with Gasteiger partial charge in [0.2, 0.25) is 5.91 Å². The number of nitro benzene ring substituents is 1. The first-order chi connectivity index (χ1) is 12.4. The van der Waals surface area contributed by atoms with Crippen LogP contribution in [0.25, 0.3) is 11.1 Å². The predicted octanol–water partition coefficient (Wildman–Crippen LogP) is 2.73. The van der Waals surface area contributed by atoms with E-state index in [1.54, 1.807) is 12.1 Å². The van der Waals surface area contributed by atoms with Crippen LogP contribution < -0.4 is 5.76 Å². The Hall–Kier alpha value is -2.97. The molecule has 1 heterocycles. The maximum absolute atomic E-state index is 12.8. The van der Waals surface area contributed by atoms with Crippen LogP contribution in [0, 0.1) is 16.0 Å². The van der Waals surface area contributed by atoms with Crippen molar-refractivity contribution in [1.29, 1.82) is 0 Å². The Labute approximate surface area is 151 Å². The van der Waals surface area contributed by atoms with Crippen molar-refractivity contribution in [3.63, 3.8) is 0 Å². The van der Waals surface area contributed by atoms with Crippen molar-refractivity contribution in [1.82, 2.24) is 4.57 Å². The smallest absolute Gasteiger partial charge is 0.407 e. The Morgan fingerprint density at radius 3 is 2.69 bits per heavy atom. The van der Waals surface area contributed by atoms with Crippen molar-refractivity contribution in [2.45, 2.75) is 6.10 Å². The van der Waals surface area contributed by atoms with Gasteiger partial charge in [0.15, 0.2) is 5.58 Å². The largest absolute Gasteiger partial charge is 0.426 e. The number of benzene rings is 2. The van der Waals surface area contributed by atoms with Crippen LogP contribution in [-0.4, -0.2) is 26.4 Å². The molecule has 3 rings (SSSR count). The summed E-state index contributed by atoms with van der Waals surface area (Å²) in [5.41, 5.74) is 0.403. The first-order valence-corrected chi connectivity index (χ1v) is 8.10. The summed E-state index contributed by atoms with van der Waals surface area (Å²) in [6.07, 6.45) is -1.43. The molecule has 9 heteroatoms. The number of hydrogen-bond donors (Lipinski definition) is 1. The number of fused-ring (bicyclic) bond motifs is 1. The van der Waals surface area contributed by atoms with Crippen LogP contribution in [-0.2, 0) is 0 Å². The molecule has 0 fully saturated rings. The van der Waals surface area contributed by atoms with E-state index < -0.39 is 28.6 Å². The number of nitro groups is 1. The monoisotopic (exact) mass is 376 g/mol. The van der Waals surface area contributed by atoms with Crippen LogP contribution in [0.2, 0.25) is 0 Å². The van der Waals surface area contributed by atoms with Gasteiger partial charge in [-0.25, -0.2) is 9.36 Å². The number of aromatic nitrogens is 1. The fraction of sp³-hybridized carbons (Fsp3) is 0.176. The van der Waals surface area contributed by atoms with Crippen LogP contribution in [0.3, 0.4) is 0 Å². The van der Waals surface area contributed by atoms with Crippen molar-refractivity contribution >= 4 is 34.3 Å². The molecule has 2 aromatic carbocycles. The standard InChI is InChI=1S/C17H13ClN2O6/c18-9-12(15(21)10-4-3-5-11(8-10)20(24)25)16(22)19-13-6-1-2-7-14(13)26-17(19)23/h1-8,12,15,21H,9H2/t12-,15-/m1/s1. The number of para-hydroxylation sites is 2. The molecule has 0 aliphatic heterocycles. The zero-order valence-electron chi connectivity index (χ0n) is 13.2. The van der Waals surface area contributed by atoms with Gasteiger partial charge in [0, 0.05) is 18.0 Å². The van der Waals surface area contributed by atoms with Crippen molar-refractivity contribution in [3.05, 3.63) is 74.8 Å². The quantitative estimate of drug-likeness (QED) is 0.416. The van der Waals surface area contributed by atoms with E-state index in [0.717, 1.165) is 10.6 Å². The Kier molecular flexibility index (Phi) is 4.88. The van der Waals surface area contributed by atoms with Crippen LogP contribution in [0.15, 0.2) is 57.7 Å². The molecule has 0 radical (unpaired) electrons. The number of aliphatic hydroxyl groups is 1. The minimum absolute atomic E-state index is 0.152. The van der Waals surface area contributed by atoms with Crippen molar-refractivity contribution in [2.24, 2.45) is 5.92 Å². The van der Waals surface area contributed by atoms with E-state index in [9.17, 15) is 24.8 Å². The third-order valence-corrected chi connectivity index (χ3v) is 4.33. The van der Waals surface area contributed by atoms with Gasteiger partial charge in [-0.2, -0.15) is 0 Å². The number of alkyl halides is 1. The van der Waals surface area contributed by atoms with Crippen LogP contribution in [0.4, 0.5) is 5.69 Å². The highest BCUT2D eigenvalue weighted by molar-refractivity contribution is 6.19. The predicted molar refractivity (Wildman–Crippen MR) is 93.4 cm³/mol. The molecule has 0 saturated heterocycles. The fourth-order valence-corrected chi connectivity index (χ4v) is 2.98. The van der Waals surface area contributed by atoms with Gasteiger partial charge in [-0.3, -0.25) is 14.9 Å². The lowest BCUT2D eigenvalue weighted by atomic mass is 9.96. The molecule has 134 valence electrons. The summed E-state index contributed by atoms with van der Waals surface area (Å²) in [5.74, 6) is -3.14. The number of carbonyl (C=O) groups excluding carboxylic acids is 1. The first kappa shape index (κ1) is 17.8. The van der Waals surface area contributed by atoms with Crippen LogP contribution in [0.1, 0.15) is 16.5 Å². The van der Waals surface area contributed by atoms with E-state index in [1.807, 2.05) is 0 Å². The molecule has 1 N–H and O–H groups in total. The lowest BCUT2D eigenvalue weighted by Crippen LogP contribution is -2.33. The molecule has 8 nitrogen and oxygen atoms in total. The molecular formula is C17H13ClN2O6. The van der Waals surface area contributed by atoms with Gasteiger partial charge in [-0.15, -0.1) is 11.6 Å². The summed E-state index contributed by atoms with van der Waals surface area (Å²) in [6, 6.07) is 11.6. The molecular weight excluding hydrogens is 364 g/mol. The minimum atomic E-state index is -1.43. The Morgan fingerprint density at radius 1 is 1.27 bits per heavy atom. The van der Waals surface area contributed by atoms with E-state index in [-0.39, 0.29) is 28.2 Å². The highest BCUT2D eigenvalue weighted by Crippen LogP contribution is 2.28. The second-order valence-corrected chi connectivity index (χ2v) is 5.88. The average Bonchev–Trinajstić information content (AvgIpc) is 2.97. The zero-order valence-corrected chi connectivity index (χ0v) is 14.0. The molecule has 0 bridgehead atoms. The van der Waals surface area contributed by atoms with Gasteiger partial charge in [0.05, 0.1) is 22.5 Å². The summed E-state index contributed by atoms with van der Waals surface area (Å²) in [4.78, 5) is 35.2. The average molecular weight is 377 g/mol. The Morgan fingerprint density at radius 2 is 2.00 bits per heavy atom. The fourth-order valence-electron chi connectivity index (χ4n) is 2.68. The highest BCUT2D eigenvalue weighted by Gasteiger charge is 2.31. The second kappa shape index (κ2) is 7.11. The van der Waals surface area contributed by atoms with Crippen LogP contribution in [0.5, 0.6) is 0 Å². The molecule has 0 aliphatic rings. The number of oxazole rings is 1. The first-order valence-electron chi connectivity index (χ1n) is 7.57. The normalized spacial score (nSPS) is 13.5. The molecule has 0 aliphatic carbocycles. The van der Waals surface area contributed by atoms with Gasteiger partial charge >= 0.3 is 5.76 Å². The molecule has 0 amide bonds. The third-order valence-electron chi connectivity index (χ3n) is 3.99. The lowest BCUT2D eigenvalue weighted by molar-refractivity contribution is -0.385. The molecule has 0 unspecified atom stereocenters. The Bertz CT molecular complexity index is 1040. The van der Waals surface area contributed by atoms with Crippen molar-refractivity contribution in [2.75, 3.05) is 5.88 Å². The third kappa shape index (κ3) is 3.12. The number of halogens is 1. The molecule has 0 spiro atoms. The number of aliphatic hydroxyl groups excluding tert-OH is 1. The van der Waals surface area contributed by atoms with Gasteiger partial charge in [0.1, 0.15) is 0 Å². The maximum atomic E-state index is 12.8. The van der Waals surface area contributed by atoms with Gasteiger partial charge in [-0.05, 0) is 17.7 Å². The summed E-state index contributed by atoms with van der Waals surface area (Å²) in [7, 11) is 0. The SMILES string of the molecule is O=C([C@H](CCl)[C@H](O)c1cccc([N+](=O)[O-])c1)n1c(=O)oc2ccccc21. The number of nitrogens with zero attached hydrogens (tertiary/aromatic N) is 2. The van der Waals surface area contributed by atoms with Gasteiger partial charge in [-0.1, -0.05) is 24.3 Å². The molecule has 2 atom stereocenters. The van der Waals surface area contributed by atoms with E-state index in [1.165, 1.54) is 30.3 Å². The number of hydrogen-bond acceptors (Lipinski definition) is 6. The molecule has 26 heavy (non-hydrogen) atoms. The molecule has 1 aromatic heterocycles. The summed E-state index contributed by atoms with van der Waals surface area (Å²) in [6.45, 7) is 0. The number of rotatable bonds is 5. The Balaban J connectivity index is 2.01. The summed E-state index contributed by atoms with van der Waals surface area (Å²) in [5, 5.41) is 21.4. The molecule has 3 aromatic rings. The number of non-ortho nitro benzene ring substituents is 1. The topological polar surface area (TPSA) is 116 Å². The number of carbonyl (C=O) groups is 1. The molecule has 0 saturated carbocycles. The van der Waals surface area contributed by atoms with Crippen LogP contribution >= 0.6 is 11.6 Å².